The van der Waals surface area contributed by atoms with Crippen molar-refractivity contribution in [1.82, 2.24) is 0 Å². The molecule has 0 fully saturated rings. The number of nitrogen functional groups attached to an aromatic ring is 1. The average molecular weight is 270 g/mol. The van der Waals surface area contributed by atoms with Crippen LogP contribution in [0.1, 0.15) is 5.56 Å². The summed E-state index contributed by atoms with van der Waals surface area (Å²) in [5.74, 6) is 0.682. The number of phenolic OH excluding ortho intramolecular Hbond substituents is 1. The average Bonchev–Trinajstić information content (AvgIpc) is 2.42. The molecule has 3 rings (SSSR count). The molecule has 0 spiro atoms. The highest BCUT2D eigenvalue weighted by atomic mass is 16.5. The number of aromatic hydroxyl groups is 1. The maximum atomic E-state index is 12.1. The second kappa shape index (κ2) is 4.77. The lowest BCUT2D eigenvalue weighted by Crippen LogP contribution is -2.38. The first-order valence-electron chi connectivity index (χ1n) is 6.24. The number of carbonyl (C=O) groups is 1. The Labute approximate surface area is 116 Å². The van der Waals surface area contributed by atoms with E-state index in [0.29, 0.717) is 23.7 Å². The summed E-state index contributed by atoms with van der Waals surface area (Å²) >= 11 is 0. The van der Waals surface area contributed by atoms with E-state index in [9.17, 15) is 9.90 Å². The summed E-state index contributed by atoms with van der Waals surface area (Å²) in [5.41, 5.74) is 7.84. The number of hydrogen-bond donors (Lipinski definition) is 2. The number of nitrogens with two attached hydrogens (primary N) is 1. The molecular formula is C15H14N2O3. The lowest BCUT2D eigenvalue weighted by atomic mass is 10.1. The molecule has 0 aliphatic carbocycles. The largest absolute Gasteiger partial charge is 0.508 e. The van der Waals surface area contributed by atoms with Gasteiger partial charge in [-0.2, -0.15) is 0 Å². The molecule has 102 valence electrons. The number of ether oxygens (including phenoxy) is 1. The van der Waals surface area contributed by atoms with Gasteiger partial charge in [-0.05, 0) is 35.9 Å². The fourth-order valence-electron chi connectivity index (χ4n) is 2.23. The summed E-state index contributed by atoms with van der Waals surface area (Å²) in [7, 11) is 0. The number of carbonyl (C=O) groups excluding carboxylic acids is 1. The van der Waals surface area contributed by atoms with Crippen LogP contribution in [0.4, 0.5) is 11.4 Å². The molecule has 0 atom stereocenters. The van der Waals surface area contributed by atoms with Crippen LogP contribution in [0.15, 0.2) is 42.5 Å². The Morgan fingerprint density at radius 1 is 1.25 bits per heavy atom. The standard InChI is InChI=1S/C15H14N2O3/c16-11-4-5-14-13(7-11)17(15(19)9-20-14)8-10-2-1-3-12(18)6-10/h1-7,18H,8-9,16H2. The number of fused-ring (bicyclic) bond motifs is 1. The number of nitrogens with zero attached hydrogens (tertiary/aromatic N) is 1. The Hall–Kier alpha value is -2.69. The summed E-state index contributed by atoms with van der Waals surface area (Å²) < 4.78 is 5.39. The predicted molar refractivity (Wildman–Crippen MR) is 75.6 cm³/mol. The Morgan fingerprint density at radius 2 is 2.10 bits per heavy atom. The third-order valence-corrected chi connectivity index (χ3v) is 3.18. The Kier molecular flexibility index (Phi) is 2.95. The van der Waals surface area contributed by atoms with E-state index in [1.807, 2.05) is 6.07 Å². The van der Waals surface area contributed by atoms with Gasteiger partial charge in [0.2, 0.25) is 0 Å². The fraction of sp³-hybridized carbons (Fsp3) is 0.133. The van der Waals surface area contributed by atoms with Crippen LogP contribution in [0.5, 0.6) is 11.5 Å². The number of benzene rings is 2. The van der Waals surface area contributed by atoms with Crippen LogP contribution >= 0.6 is 0 Å². The third-order valence-electron chi connectivity index (χ3n) is 3.18. The van der Waals surface area contributed by atoms with Gasteiger partial charge in [-0.25, -0.2) is 0 Å². The van der Waals surface area contributed by atoms with Crippen molar-refractivity contribution in [2.24, 2.45) is 0 Å². The Balaban J connectivity index is 1.97. The SMILES string of the molecule is Nc1ccc2c(c1)N(Cc1cccc(O)c1)C(=O)CO2. The van der Waals surface area contributed by atoms with Gasteiger partial charge >= 0.3 is 0 Å². The minimum Gasteiger partial charge on any atom is -0.508 e. The quantitative estimate of drug-likeness (QED) is 0.817. The summed E-state index contributed by atoms with van der Waals surface area (Å²) in [6, 6.07) is 12.0. The summed E-state index contributed by atoms with van der Waals surface area (Å²) in [6.45, 7) is 0.378. The number of hydrogen-bond acceptors (Lipinski definition) is 4. The van der Waals surface area contributed by atoms with Crippen molar-refractivity contribution in [3.05, 3.63) is 48.0 Å². The van der Waals surface area contributed by atoms with Gasteiger partial charge in [0.15, 0.2) is 6.61 Å². The predicted octanol–water partition coefficient (Wildman–Crippen LogP) is 1.90. The highest BCUT2D eigenvalue weighted by Gasteiger charge is 2.25. The highest BCUT2D eigenvalue weighted by Crippen LogP contribution is 2.34. The molecule has 0 unspecified atom stereocenters. The number of amides is 1. The van der Waals surface area contributed by atoms with Crippen molar-refractivity contribution < 1.29 is 14.6 Å². The molecule has 1 aliphatic rings. The van der Waals surface area contributed by atoms with Gasteiger partial charge in [0.1, 0.15) is 11.5 Å². The van der Waals surface area contributed by atoms with Gasteiger partial charge in [0, 0.05) is 5.69 Å². The van der Waals surface area contributed by atoms with Crippen molar-refractivity contribution in [3.8, 4) is 11.5 Å². The van der Waals surface area contributed by atoms with Crippen LogP contribution in [0, 0.1) is 0 Å². The zero-order valence-electron chi connectivity index (χ0n) is 10.7. The minimum absolute atomic E-state index is 0.00966. The molecular weight excluding hydrogens is 256 g/mol. The van der Waals surface area contributed by atoms with Gasteiger partial charge in [0.25, 0.3) is 5.91 Å². The van der Waals surface area contributed by atoms with E-state index in [1.165, 1.54) is 0 Å². The van der Waals surface area contributed by atoms with E-state index in [4.69, 9.17) is 10.5 Å². The van der Waals surface area contributed by atoms with Crippen molar-refractivity contribution in [2.75, 3.05) is 17.2 Å². The molecule has 20 heavy (non-hydrogen) atoms. The molecule has 1 amide bonds. The molecule has 0 radical (unpaired) electrons. The lowest BCUT2D eigenvalue weighted by Gasteiger charge is -2.29. The Bertz CT molecular complexity index is 670. The van der Waals surface area contributed by atoms with Crippen LogP contribution in [-0.4, -0.2) is 17.6 Å². The molecule has 0 bridgehead atoms. The zero-order valence-corrected chi connectivity index (χ0v) is 10.7. The van der Waals surface area contributed by atoms with Crippen LogP contribution in [0.2, 0.25) is 0 Å². The molecule has 2 aromatic rings. The summed E-state index contributed by atoms with van der Waals surface area (Å²) in [5, 5.41) is 9.50. The number of rotatable bonds is 2. The lowest BCUT2D eigenvalue weighted by molar-refractivity contribution is -0.121. The van der Waals surface area contributed by atoms with E-state index in [0.717, 1.165) is 5.56 Å². The van der Waals surface area contributed by atoms with Gasteiger partial charge < -0.3 is 20.5 Å². The fourth-order valence-corrected chi connectivity index (χ4v) is 2.23. The van der Waals surface area contributed by atoms with Crippen LogP contribution in [0.25, 0.3) is 0 Å². The van der Waals surface area contributed by atoms with Gasteiger partial charge in [0.05, 0.1) is 12.2 Å². The molecule has 5 nitrogen and oxygen atoms in total. The maximum absolute atomic E-state index is 12.1. The molecule has 1 heterocycles. The summed E-state index contributed by atoms with van der Waals surface area (Å²) in [6.07, 6.45) is 0. The number of anilines is 2. The van der Waals surface area contributed by atoms with E-state index < -0.39 is 0 Å². The van der Waals surface area contributed by atoms with Crippen molar-refractivity contribution in [2.45, 2.75) is 6.54 Å². The number of phenols is 1. The van der Waals surface area contributed by atoms with Crippen molar-refractivity contribution >= 4 is 17.3 Å². The molecule has 2 aromatic carbocycles. The highest BCUT2D eigenvalue weighted by molar-refractivity contribution is 5.98. The second-order valence-corrected chi connectivity index (χ2v) is 4.67. The second-order valence-electron chi connectivity index (χ2n) is 4.67. The Morgan fingerprint density at radius 3 is 2.90 bits per heavy atom. The maximum Gasteiger partial charge on any atom is 0.265 e. The van der Waals surface area contributed by atoms with Crippen molar-refractivity contribution in [1.29, 1.82) is 0 Å². The van der Waals surface area contributed by atoms with Gasteiger partial charge in [-0.1, -0.05) is 12.1 Å². The van der Waals surface area contributed by atoms with Crippen LogP contribution in [-0.2, 0) is 11.3 Å². The first-order chi connectivity index (χ1) is 9.63. The smallest absolute Gasteiger partial charge is 0.265 e. The first-order valence-corrected chi connectivity index (χ1v) is 6.24. The minimum atomic E-state index is -0.133. The normalized spacial score (nSPS) is 13.8. The monoisotopic (exact) mass is 270 g/mol. The third kappa shape index (κ3) is 2.25. The molecule has 0 saturated carbocycles. The van der Waals surface area contributed by atoms with Gasteiger partial charge in [-0.15, -0.1) is 0 Å². The van der Waals surface area contributed by atoms with Crippen LogP contribution in [0.3, 0.4) is 0 Å². The molecule has 5 heteroatoms. The van der Waals surface area contributed by atoms with Crippen molar-refractivity contribution in [3.63, 3.8) is 0 Å². The molecule has 3 N–H and O–H groups in total. The first kappa shape index (κ1) is 12.3. The van der Waals surface area contributed by atoms with Crippen LogP contribution < -0.4 is 15.4 Å². The topological polar surface area (TPSA) is 75.8 Å². The van der Waals surface area contributed by atoms with Gasteiger partial charge in [-0.3, -0.25) is 4.79 Å². The zero-order chi connectivity index (χ0) is 14.1. The molecule has 0 saturated heterocycles. The van der Waals surface area contributed by atoms with E-state index >= 15 is 0 Å². The van der Waals surface area contributed by atoms with E-state index in [-0.39, 0.29) is 18.3 Å². The molecule has 0 aromatic heterocycles. The van der Waals surface area contributed by atoms with E-state index in [2.05, 4.69) is 0 Å². The van der Waals surface area contributed by atoms with E-state index in [1.54, 1.807) is 41.3 Å². The molecule has 1 aliphatic heterocycles. The summed E-state index contributed by atoms with van der Waals surface area (Å²) in [4.78, 5) is 13.7.